The van der Waals surface area contributed by atoms with Crippen LogP contribution in [0.25, 0.3) is 0 Å². The summed E-state index contributed by atoms with van der Waals surface area (Å²) in [4.78, 5) is 24.2. The van der Waals surface area contributed by atoms with Gasteiger partial charge in [0.2, 0.25) is 0 Å². The Balaban J connectivity index is 2.20. The normalized spacial score (nSPS) is 10.1. The van der Waals surface area contributed by atoms with Gasteiger partial charge in [-0.15, -0.1) is 0 Å². The average molecular weight is 258 g/mol. The SMILES string of the molecule is Cc1ccc(NC(=O)c2cncc(NN)n2)c(C)n1. The van der Waals surface area contributed by atoms with E-state index < -0.39 is 0 Å². The Kier molecular flexibility index (Phi) is 3.67. The van der Waals surface area contributed by atoms with Gasteiger partial charge < -0.3 is 10.7 Å². The van der Waals surface area contributed by atoms with E-state index in [0.717, 1.165) is 11.4 Å². The van der Waals surface area contributed by atoms with Crippen LogP contribution in [0, 0.1) is 13.8 Å². The molecule has 0 spiro atoms. The molecular formula is C12H14N6O. The van der Waals surface area contributed by atoms with E-state index in [1.165, 1.54) is 12.4 Å². The van der Waals surface area contributed by atoms with Crippen molar-refractivity contribution in [3.8, 4) is 0 Å². The average Bonchev–Trinajstić information content (AvgIpc) is 2.42. The number of nitrogen functional groups attached to an aromatic ring is 1. The number of hydrogen-bond donors (Lipinski definition) is 3. The number of anilines is 2. The number of nitrogens with two attached hydrogens (primary N) is 1. The van der Waals surface area contributed by atoms with Crippen LogP contribution in [-0.2, 0) is 0 Å². The summed E-state index contributed by atoms with van der Waals surface area (Å²) in [5, 5.41) is 2.73. The molecule has 2 aromatic rings. The van der Waals surface area contributed by atoms with Crippen LogP contribution in [0.1, 0.15) is 21.9 Å². The van der Waals surface area contributed by atoms with Gasteiger partial charge in [-0.2, -0.15) is 0 Å². The Hall–Kier alpha value is -2.54. The Labute approximate surface area is 110 Å². The first-order valence-corrected chi connectivity index (χ1v) is 5.64. The molecule has 0 unspecified atom stereocenters. The van der Waals surface area contributed by atoms with E-state index in [-0.39, 0.29) is 11.6 Å². The fourth-order valence-corrected chi connectivity index (χ4v) is 1.55. The van der Waals surface area contributed by atoms with Crippen LogP contribution in [-0.4, -0.2) is 20.9 Å². The van der Waals surface area contributed by atoms with Crippen molar-refractivity contribution in [3.05, 3.63) is 41.6 Å². The Morgan fingerprint density at radius 3 is 2.68 bits per heavy atom. The third kappa shape index (κ3) is 3.02. The van der Waals surface area contributed by atoms with Gasteiger partial charge in [-0.05, 0) is 26.0 Å². The molecule has 2 heterocycles. The lowest BCUT2D eigenvalue weighted by molar-refractivity contribution is 0.102. The number of hydrazine groups is 1. The lowest BCUT2D eigenvalue weighted by Gasteiger charge is -2.08. The van der Waals surface area contributed by atoms with Gasteiger partial charge in [0.1, 0.15) is 5.69 Å². The van der Waals surface area contributed by atoms with Crippen LogP contribution in [0.4, 0.5) is 11.5 Å². The number of pyridine rings is 1. The van der Waals surface area contributed by atoms with Gasteiger partial charge in [0, 0.05) is 5.69 Å². The van der Waals surface area contributed by atoms with Gasteiger partial charge in [-0.1, -0.05) is 0 Å². The number of carbonyl (C=O) groups is 1. The fraction of sp³-hybridized carbons (Fsp3) is 0.167. The van der Waals surface area contributed by atoms with Gasteiger partial charge in [0.25, 0.3) is 5.91 Å². The highest BCUT2D eigenvalue weighted by Crippen LogP contribution is 2.13. The topological polar surface area (TPSA) is 106 Å². The van der Waals surface area contributed by atoms with Crippen molar-refractivity contribution in [3.63, 3.8) is 0 Å². The Morgan fingerprint density at radius 1 is 1.21 bits per heavy atom. The van der Waals surface area contributed by atoms with Gasteiger partial charge in [-0.3, -0.25) is 14.8 Å². The lowest BCUT2D eigenvalue weighted by atomic mass is 10.2. The quantitative estimate of drug-likeness (QED) is 0.560. The van der Waals surface area contributed by atoms with Crippen molar-refractivity contribution in [1.29, 1.82) is 0 Å². The highest BCUT2D eigenvalue weighted by atomic mass is 16.1. The van der Waals surface area contributed by atoms with Crippen molar-refractivity contribution in [2.45, 2.75) is 13.8 Å². The largest absolute Gasteiger partial charge is 0.319 e. The summed E-state index contributed by atoms with van der Waals surface area (Å²) < 4.78 is 0. The smallest absolute Gasteiger partial charge is 0.276 e. The molecular weight excluding hydrogens is 244 g/mol. The van der Waals surface area contributed by atoms with Crippen molar-refractivity contribution in [2.24, 2.45) is 5.84 Å². The zero-order valence-electron chi connectivity index (χ0n) is 10.6. The second-order valence-corrected chi connectivity index (χ2v) is 3.97. The zero-order chi connectivity index (χ0) is 13.8. The second kappa shape index (κ2) is 5.40. The van der Waals surface area contributed by atoms with Gasteiger partial charge in [0.05, 0.1) is 23.8 Å². The molecule has 98 valence electrons. The molecule has 1 amide bonds. The summed E-state index contributed by atoms with van der Waals surface area (Å²) in [5.41, 5.74) is 4.80. The lowest BCUT2D eigenvalue weighted by Crippen LogP contribution is -2.17. The van der Waals surface area contributed by atoms with Crippen molar-refractivity contribution >= 4 is 17.4 Å². The molecule has 0 fully saturated rings. The minimum atomic E-state index is -0.363. The minimum Gasteiger partial charge on any atom is -0.319 e. The van der Waals surface area contributed by atoms with E-state index in [0.29, 0.717) is 11.5 Å². The fourth-order valence-electron chi connectivity index (χ4n) is 1.55. The summed E-state index contributed by atoms with van der Waals surface area (Å²) in [6.07, 6.45) is 2.79. The molecule has 2 rings (SSSR count). The van der Waals surface area contributed by atoms with Crippen LogP contribution in [0.2, 0.25) is 0 Å². The van der Waals surface area contributed by atoms with E-state index in [9.17, 15) is 4.79 Å². The van der Waals surface area contributed by atoms with Crippen LogP contribution >= 0.6 is 0 Å². The maximum Gasteiger partial charge on any atom is 0.276 e. The van der Waals surface area contributed by atoms with Gasteiger partial charge in [-0.25, -0.2) is 10.8 Å². The molecule has 0 atom stereocenters. The molecule has 2 aromatic heterocycles. The highest BCUT2D eigenvalue weighted by Gasteiger charge is 2.10. The molecule has 0 aliphatic rings. The highest BCUT2D eigenvalue weighted by molar-refractivity contribution is 6.03. The standard InChI is InChI=1S/C12H14N6O/c1-7-3-4-9(8(2)15-7)17-12(19)10-5-14-6-11(16-10)18-13/h3-6H,13H2,1-2H3,(H,16,18)(H,17,19). The van der Waals surface area contributed by atoms with E-state index in [4.69, 9.17) is 5.84 Å². The predicted octanol–water partition coefficient (Wildman–Crippen LogP) is 1.03. The van der Waals surface area contributed by atoms with Crippen LogP contribution in [0.3, 0.4) is 0 Å². The third-order valence-electron chi connectivity index (χ3n) is 2.49. The number of rotatable bonds is 3. The van der Waals surface area contributed by atoms with Gasteiger partial charge in [0.15, 0.2) is 5.82 Å². The number of aryl methyl sites for hydroxylation is 2. The van der Waals surface area contributed by atoms with Crippen molar-refractivity contribution in [2.75, 3.05) is 10.7 Å². The van der Waals surface area contributed by atoms with E-state index in [1.54, 1.807) is 6.07 Å². The van der Waals surface area contributed by atoms with Crippen LogP contribution < -0.4 is 16.6 Å². The molecule has 7 heteroatoms. The first-order chi connectivity index (χ1) is 9.10. The maximum absolute atomic E-state index is 12.0. The molecule has 19 heavy (non-hydrogen) atoms. The summed E-state index contributed by atoms with van der Waals surface area (Å²) in [5.74, 6) is 5.18. The Morgan fingerprint density at radius 2 is 2.00 bits per heavy atom. The summed E-state index contributed by atoms with van der Waals surface area (Å²) in [7, 11) is 0. The number of amides is 1. The minimum absolute atomic E-state index is 0.176. The molecule has 0 bridgehead atoms. The van der Waals surface area contributed by atoms with Gasteiger partial charge >= 0.3 is 0 Å². The predicted molar refractivity (Wildman–Crippen MR) is 71.5 cm³/mol. The number of nitrogens with zero attached hydrogens (tertiary/aromatic N) is 3. The zero-order valence-corrected chi connectivity index (χ0v) is 10.6. The third-order valence-corrected chi connectivity index (χ3v) is 2.49. The first-order valence-electron chi connectivity index (χ1n) is 5.64. The molecule has 0 aliphatic heterocycles. The summed E-state index contributed by atoms with van der Waals surface area (Å²) >= 11 is 0. The summed E-state index contributed by atoms with van der Waals surface area (Å²) in [6, 6.07) is 3.63. The first kappa shape index (κ1) is 12.9. The number of aromatic nitrogens is 3. The number of hydrogen-bond acceptors (Lipinski definition) is 6. The van der Waals surface area contributed by atoms with Crippen molar-refractivity contribution < 1.29 is 4.79 Å². The van der Waals surface area contributed by atoms with Crippen molar-refractivity contribution in [1.82, 2.24) is 15.0 Å². The van der Waals surface area contributed by atoms with Crippen LogP contribution in [0.5, 0.6) is 0 Å². The molecule has 0 aliphatic carbocycles. The second-order valence-electron chi connectivity index (χ2n) is 3.97. The molecule has 0 aromatic carbocycles. The Bertz CT molecular complexity index is 613. The summed E-state index contributed by atoms with van der Waals surface area (Å²) in [6.45, 7) is 3.71. The monoisotopic (exact) mass is 258 g/mol. The molecule has 4 N–H and O–H groups in total. The number of nitrogens with one attached hydrogen (secondary N) is 2. The molecule has 0 saturated carbocycles. The van der Waals surface area contributed by atoms with E-state index in [2.05, 4.69) is 25.7 Å². The maximum atomic E-state index is 12.0. The molecule has 7 nitrogen and oxygen atoms in total. The van der Waals surface area contributed by atoms with Crippen LogP contribution in [0.15, 0.2) is 24.5 Å². The molecule has 0 radical (unpaired) electrons. The van der Waals surface area contributed by atoms with E-state index >= 15 is 0 Å². The molecule has 0 saturated heterocycles. The number of carbonyl (C=O) groups excluding carboxylic acids is 1. The van der Waals surface area contributed by atoms with E-state index in [1.807, 2.05) is 19.9 Å².